The Morgan fingerprint density at radius 2 is 1.82 bits per heavy atom. The summed E-state index contributed by atoms with van der Waals surface area (Å²) in [6.45, 7) is 6.51. The molecule has 9 heteroatoms. The number of carbonyl (C=O) groups is 2. The predicted octanol–water partition coefficient (Wildman–Crippen LogP) is 4.06. The van der Waals surface area contributed by atoms with Gasteiger partial charge in [-0.25, -0.2) is 0 Å². The molecule has 2 N–H and O–H groups in total. The zero-order chi connectivity index (χ0) is 20.5. The number of rotatable bonds is 5. The Bertz CT molecular complexity index is 725. The van der Waals surface area contributed by atoms with Gasteiger partial charge < -0.3 is 10.4 Å². The quantitative estimate of drug-likeness (QED) is 0.750. The Labute approximate surface area is 168 Å². The minimum atomic E-state index is -4.62. The smallest absolute Gasteiger partial charge is 0.393 e. The average molecular weight is 423 g/mol. The van der Waals surface area contributed by atoms with Crippen LogP contribution in [0.4, 0.5) is 18.9 Å². The lowest BCUT2D eigenvalue weighted by atomic mass is 9.96. The number of hydrogen-bond donors (Lipinski definition) is 2. The number of likely N-dealkylation sites (tertiary alicyclic amines) is 1. The number of carboxylic acids is 1. The lowest BCUT2D eigenvalue weighted by molar-refractivity contribution is -0.188. The van der Waals surface area contributed by atoms with Crippen LogP contribution in [-0.4, -0.2) is 47.2 Å². The molecule has 0 saturated carbocycles. The molecule has 1 amide bonds. The van der Waals surface area contributed by atoms with Crippen molar-refractivity contribution < 1.29 is 27.9 Å². The van der Waals surface area contributed by atoms with E-state index in [1.165, 1.54) is 11.8 Å². The number of benzene rings is 1. The lowest BCUT2D eigenvalue weighted by Crippen LogP contribution is -2.41. The Morgan fingerprint density at radius 1 is 1.21 bits per heavy atom. The van der Waals surface area contributed by atoms with E-state index in [9.17, 15) is 22.8 Å². The van der Waals surface area contributed by atoms with Gasteiger partial charge in [0.25, 0.3) is 0 Å². The first-order valence-electron chi connectivity index (χ1n) is 8.87. The first kappa shape index (κ1) is 24.2. The molecule has 1 heterocycles. The van der Waals surface area contributed by atoms with E-state index >= 15 is 0 Å². The van der Waals surface area contributed by atoms with Gasteiger partial charge in [-0.2, -0.15) is 13.2 Å². The predicted molar refractivity (Wildman–Crippen MR) is 103 cm³/mol. The number of para-hydroxylation sites is 1. The molecule has 0 radical (unpaired) electrons. The third kappa shape index (κ3) is 5.17. The molecule has 1 aromatic carbocycles. The standard InChI is InChI=1S/C19H25F3N2O3.ClH/c1-10(2)13-7-5-6-11(3)16(13)23-17(25)12(4)24-8-14(18(26)27)15(9-24)19(20,21)22;/h5-7,10,12,14-15H,8-9H2,1-4H3,(H,23,25)(H,26,27);1H/t12?,14-,15-;/m1./s1. The number of aryl methyl sites for hydroxylation is 1. The van der Waals surface area contributed by atoms with Gasteiger partial charge in [-0.1, -0.05) is 32.0 Å². The van der Waals surface area contributed by atoms with Crippen molar-refractivity contribution >= 4 is 30.0 Å². The molecule has 1 unspecified atom stereocenters. The fourth-order valence-corrected chi connectivity index (χ4v) is 3.47. The second kappa shape index (κ2) is 9.13. The third-order valence-electron chi connectivity index (χ3n) is 5.19. The molecule has 2 rings (SSSR count). The van der Waals surface area contributed by atoms with Crippen LogP contribution in [0, 0.1) is 18.8 Å². The summed E-state index contributed by atoms with van der Waals surface area (Å²) in [4.78, 5) is 25.2. The normalized spacial score (nSPS) is 21.3. The van der Waals surface area contributed by atoms with Crippen LogP contribution in [0.2, 0.25) is 0 Å². The molecule has 0 aromatic heterocycles. The highest BCUT2D eigenvalue weighted by atomic mass is 35.5. The summed E-state index contributed by atoms with van der Waals surface area (Å²) in [5, 5.41) is 12.0. The van der Waals surface area contributed by atoms with E-state index in [2.05, 4.69) is 5.32 Å². The van der Waals surface area contributed by atoms with Crippen LogP contribution in [0.15, 0.2) is 18.2 Å². The topological polar surface area (TPSA) is 69.6 Å². The van der Waals surface area contributed by atoms with Gasteiger partial charge in [0.15, 0.2) is 0 Å². The summed E-state index contributed by atoms with van der Waals surface area (Å²) >= 11 is 0. The maximum Gasteiger partial charge on any atom is 0.393 e. The molecule has 5 nitrogen and oxygen atoms in total. The van der Waals surface area contributed by atoms with Crippen LogP contribution in [0.1, 0.15) is 37.8 Å². The van der Waals surface area contributed by atoms with E-state index in [0.29, 0.717) is 5.69 Å². The molecule has 1 fully saturated rings. The molecule has 1 aliphatic rings. The zero-order valence-corrected chi connectivity index (χ0v) is 17.0. The third-order valence-corrected chi connectivity index (χ3v) is 5.19. The van der Waals surface area contributed by atoms with Gasteiger partial charge in [0, 0.05) is 18.8 Å². The first-order chi connectivity index (χ1) is 12.4. The molecular formula is C19H26ClF3N2O3. The Hall–Kier alpha value is -1.80. The Kier molecular flexibility index (Phi) is 7.91. The fraction of sp³-hybridized carbons (Fsp3) is 0.579. The number of halogens is 4. The molecule has 1 saturated heterocycles. The van der Waals surface area contributed by atoms with Gasteiger partial charge in [-0.05, 0) is 30.9 Å². The molecule has 1 aromatic rings. The van der Waals surface area contributed by atoms with Crippen molar-refractivity contribution in [1.82, 2.24) is 4.90 Å². The van der Waals surface area contributed by atoms with E-state index in [4.69, 9.17) is 5.11 Å². The van der Waals surface area contributed by atoms with Crippen LogP contribution in [0.3, 0.4) is 0 Å². The van der Waals surface area contributed by atoms with Crippen molar-refractivity contribution in [2.45, 2.75) is 45.8 Å². The fourth-order valence-electron chi connectivity index (χ4n) is 3.47. The van der Waals surface area contributed by atoms with Crippen molar-refractivity contribution in [3.8, 4) is 0 Å². The van der Waals surface area contributed by atoms with E-state index in [-0.39, 0.29) is 24.9 Å². The highest BCUT2D eigenvalue weighted by Crippen LogP contribution is 2.38. The van der Waals surface area contributed by atoms with Gasteiger partial charge in [0.2, 0.25) is 5.91 Å². The number of nitrogens with one attached hydrogen (secondary N) is 1. The van der Waals surface area contributed by atoms with E-state index in [0.717, 1.165) is 11.1 Å². The van der Waals surface area contributed by atoms with Crippen LogP contribution in [-0.2, 0) is 9.59 Å². The highest BCUT2D eigenvalue weighted by Gasteiger charge is 2.53. The Balaban J connectivity index is 0.00000392. The van der Waals surface area contributed by atoms with Crippen LogP contribution >= 0.6 is 12.4 Å². The van der Waals surface area contributed by atoms with Crippen molar-refractivity contribution in [3.63, 3.8) is 0 Å². The van der Waals surface area contributed by atoms with Crippen molar-refractivity contribution in [2.75, 3.05) is 18.4 Å². The summed E-state index contributed by atoms with van der Waals surface area (Å²) in [6.07, 6.45) is -4.62. The molecular weight excluding hydrogens is 397 g/mol. The number of carboxylic acid groups (broad SMARTS) is 1. The largest absolute Gasteiger partial charge is 0.481 e. The summed E-state index contributed by atoms with van der Waals surface area (Å²) < 4.78 is 39.5. The highest BCUT2D eigenvalue weighted by molar-refractivity contribution is 5.96. The number of amides is 1. The second-order valence-electron chi connectivity index (χ2n) is 7.41. The molecule has 158 valence electrons. The number of aliphatic carboxylic acids is 1. The molecule has 0 aliphatic carbocycles. The van der Waals surface area contributed by atoms with E-state index < -0.39 is 42.5 Å². The molecule has 0 spiro atoms. The van der Waals surface area contributed by atoms with Crippen LogP contribution < -0.4 is 5.32 Å². The van der Waals surface area contributed by atoms with Crippen molar-refractivity contribution in [3.05, 3.63) is 29.3 Å². The minimum Gasteiger partial charge on any atom is -0.481 e. The van der Waals surface area contributed by atoms with Gasteiger partial charge in [0.1, 0.15) is 0 Å². The summed E-state index contributed by atoms with van der Waals surface area (Å²) in [5.74, 6) is -5.32. The average Bonchev–Trinajstić information content (AvgIpc) is 3.01. The first-order valence-corrected chi connectivity index (χ1v) is 8.87. The van der Waals surface area contributed by atoms with Gasteiger partial charge in [-0.15, -0.1) is 12.4 Å². The maximum absolute atomic E-state index is 13.2. The lowest BCUT2D eigenvalue weighted by Gasteiger charge is -2.25. The van der Waals surface area contributed by atoms with Crippen molar-refractivity contribution in [2.24, 2.45) is 11.8 Å². The van der Waals surface area contributed by atoms with E-state index in [1.807, 2.05) is 39.0 Å². The van der Waals surface area contributed by atoms with Crippen LogP contribution in [0.25, 0.3) is 0 Å². The molecule has 1 aliphatic heterocycles. The number of anilines is 1. The molecule has 3 atom stereocenters. The SMILES string of the molecule is Cc1cccc(C(C)C)c1NC(=O)C(C)N1C[C@@H](C(F)(F)F)[C@H](C(=O)O)C1.Cl. The van der Waals surface area contributed by atoms with Gasteiger partial charge >= 0.3 is 12.1 Å². The van der Waals surface area contributed by atoms with Crippen molar-refractivity contribution in [1.29, 1.82) is 0 Å². The van der Waals surface area contributed by atoms with Crippen LogP contribution in [0.5, 0.6) is 0 Å². The zero-order valence-electron chi connectivity index (χ0n) is 16.2. The number of hydrogen-bond acceptors (Lipinski definition) is 3. The Morgan fingerprint density at radius 3 is 2.29 bits per heavy atom. The monoisotopic (exact) mass is 422 g/mol. The molecule has 0 bridgehead atoms. The van der Waals surface area contributed by atoms with Gasteiger partial charge in [0.05, 0.1) is 17.9 Å². The summed E-state index contributed by atoms with van der Waals surface area (Å²) in [7, 11) is 0. The maximum atomic E-state index is 13.2. The number of nitrogens with zero attached hydrogens (tertiary/aromatic N) is 1. The van der Waals surface area contributed by atoms with E-state index in [1.54, 1.807) is 0 Å². The number of carbonyl (C=O) groups excluding carboxylic acids is 1. The minimum absolute atomic E-state index is 0. The van der Waals surface area contributed by atoms with Gasteiger partial charge in [-0.3, -0.25) is 14.5 Å². The number of alkyl halides is 3. The summed E-state index contributed by atoms with van der Waals surface area (Å²) in [5.41, 5.74) is 2.46. The second-order valence-corrected chi connectivity index (χ2v) is 7.41. The summed E-state index contributed by atoms with van der Waals surface area (Å²) in [6, 6.07) is 4.75. The molecule has 28 heavy (non-hydrogen) atoms.